The molecule has 0 radical (unpaired) electrons. The van der Waals surface area contributed by atoms with Crippen molar-refractivity contribution in [3.05, 3.63) is 28.8 Å². The first-order valence-electron chi connectivity index (χ1n) is 5.80. The monoisotopic (exact) mass is 350 g/mol. The minimum atomic E-state index is -0.215. The van der Waals surface area contributed by atoms with Crippen LogP contribution >= 0.6 is 39.3 Å². The molecule has 0 saturated heterocycles. The van der Waals surface area contributed by atoms with E-state index in [1.54, 1.807) is 18.7 Å². The second-order valence-corrected chi connectivity index (χ2v) is 5.97. The smallest absolute Gasteiger partial charge is 0.310 e. The van der Waals surface area contributed by atoms with Crippen LogP contribution < -0.4 is 0 Å². The summed E-state index contributed by atoms with van der Waals surface area (Å²) < 4.78 is 4.90. The Hall–Kier alpha value is -0.190. The van der Waals surface area contributed by atoms with Gasteiger partial charge in [0, 0.05) is 10.2 Å². The maximum Gasteiger partial charge on any atom is 0.310 e. The molecule has 100 valence electrons. The number of thioether (sulfide) groups is 1. The number of ether oxygens (including phenoxy) is 1. The van der Waals surface area contributed by atoms with Crippen molar-refractivity contribution in [2.75, 3.05) is 17.7 Å². The Balaban J connectivity index is 2.58. The normalized spacial score (nSPS) is 10.4. The summed E-state index contributed by atoms with van der Waals surface area (Å²) >= 11 is 11.3. The molecule has 0 aliphatic rings. The summed E-state index contributed by atoms with van der Waals surface area (Å²) in [6, 6.07) is 5.74. The van der Waals surface area contributed by atoms with Gasteiger partial charge in [-0.3, -0.25) is 4.79 Å². The Morgan fingerprint density at radius 1 is 1.50 bits per heavy atom. The third kappa shape index (κ3) is 5.63. The summed E-state index contributed by atoms with van der Waals surface area (Å²) in [5.74, 6) is 0.815. The van der Waals surface area contributed by atoms with E-state index in [2.05, 4.69) is 15.9 Å². The number of carbonyl (C=O) groups is 1. The van der Waals surface area contributed by atoms with Crippen molar-refractivity contribution in [3.8, 4) is 0 Å². The van der Waals surface area contributed by atoms with Crippen molar-refractivity contribution in [3.63, 3.8) is 0 Å². The fraction of sp³-hybridized carbons (Fsp3) is 0.462. The predicted molar refractivity (Wildman–Crippen MR) is 80.9 cm³/mol. The number of hydrogen-bond acceptors (Lipinski definition) is 3. The largest absolute Gasteiger partial charge is 0.466 e. The number of hydrogen-bond donors (Lipinski definition) is 0. The van der Waals surface area contributed by atoms with Gasteiger partial charge in [0.1, 0.15) is 0 Å². The van der Waals surface area contributed by atoms with Crippen LogP contribution in [0.3, 0.4) is 0 Å². The van der Waals surface area contributed by atoms with E-state index in [9.17, 15) is 4.79 Å². The molecule has 0 heterocycles. The molecular weight excluding hydrogens is 336 g/mol. The predicted octanol–water partition coefficient (Wildman–Crippen LogP) is 4.32. The highest BCUT2D eigenvalue weighted by Crippen LogP contribution is 2.28. The topological polar surface area (TPSA) is 26.3 Å². The lowest BCUT2D eigenvalue weighted by atomic mass is 10.1. The molecule has 1 aromatic carbocycles. The number of carbonyl (C=O) groups excluding carboxylic acids is 1. The molecule has 0 unspecified atom stereocenters. The first-order valence-corrected chi connectivity index (χ1v) is 8.28. The Bertz CT molecular complexity index is 399. The SMILES string of the molecule is CCOC(=O)Cc1ccc(SCCCBr)c(Cl)c1. The van der Waals surface area contributed by atoms with Crippen molar-refractivity contribution in [2.24, 2.45) is 0 Å². The van der Waals surface area contributed by atoms with Crippen molar-refractivity contribution >= 4 is 45.3 Å². The fourth-order valence-electron chi connectivity index (χ4n) is 1.39. The molecule has 0 N–H and O–H groups in total. The number of esters is 1. The second kappa shape index (κ2) is 8.83. The van der Waals surface area contributed by atoms with Crippen LogP contribution in [0.5, 0.6) is 0 Å². The summed E-state index contributed by atoms with van der Waals surface area (Å²) in [5, 5.41) is 1.70. The lowest BCUT2D eigenvalue weighted by molar-refractivity contribution is -0.142. The number of alkyl halides is 1. The van der Waals surface area contributed by atoms with Gasteiger partial charge in [0.2, 0.25) is 0 Å². The van der Waals surface area contributed by atoms with Gasteiger partial charge in [-0.2, -0.15) is 0 Å². The zero-order valence-corrected chi connectivity index (χ0v) is 13.4. The maximum atomic E-state index is 11.3. The van der Waals surface area contributed by atoms with E-state index in [1.807, 2.05) is 18.2 Å². The minimum Gasteiger partial charge on any atom is -0.466 e. The second-order valence-electron chi connectivity index (χ2n) is 3.64. The molecule has 1 aromatic rings. The van der Waals surface area contributed by atoms with E-state index in [0.717, 1.165) is 28.0 Å². The standard InChI is InChI=1S/C13H16BrClO2S/c1-2-17-13(16)9-10-4-5-12(11(15)8-10)18-7-3-6-14/h4-5,8H,2-3,6-7,9H2,1H3. The van der Waals surface area contributed by atoms with Gasteiger partial charge in [0.15, 0.2) is 0 Å². The van der Waals surface area contributed by atoms with E-state index in [4.69, 9.17) is 16.3 Å². The first kappa shape index (κ1) is 15.9. The molecule has 1 rings (SSSR count). The molecule has 0 aliphatic carbocycles. The van der Waals surface area contributed by atoms with Gasteiger partial charge in [-0.25, -0.2) is 0 Å². The van der Waals surface area contributed by atoms with Crippen LogP contribution in [0.2, 0.25) is 5.02 Å². The number of rotatable bonds is 7. The van der Waals surface area contributed by atoms with Gasteiger partial charge in [-0.05, 0) is 36.8 Å². The summed E-state index contributed by atoms with van der Waals surface area (Å²) in [7, 11) is 0. The molecule has 0 aromatic heterocycles. The lowest BCUT2D eigenvalue weighted by Gasteiger charge is -2.06. The van der Waals surface area contributed by atoms with Crippen LogP contribution in [0.4, 0.5) is 0 Å². The van der Waals surface area contributed by atoms with Crippen molar-refractivity contribution in [2.45, 2.75) is 24.7 Å². The van der Waals surface area contributed by atoms with Crippen LogP contribution in [0.1, 0.15) is 18.9 Å². The van der Waals surface area contributed by atoms with Gasteiger partial charge in [-0.15, -0.1) is 11.8 Å². The Morgan fingerprint density at radius 2 is 2.28 bits per heavy atom. The molecule has 5 heteroatoms. The molecule has 0 spiro atoms. The van der Waals surface area contributed by atoms with E-state index in [1.165, 1.54) is 0 Å². The molecular formula is C13H16BrClO2S. The van der Waals surface area contributed by atoms with E-state index in [0.29, 0.717) is 11.6 Å². The Labute approximate surface area is 126 Å². The van der Waals surface area contributed by atoms with E-state index in [-0.39, 0.29) is 12.4 Å². The number of halogens is 2. The van der Waals surface area contributed by atoms with E-state index >= 15 is 0 Å². The zero-order valence-electron chi connectivity index (χ0n) is 10.2. The molecule has 0 amide bonds. The minimum absolute atomic E-state index is 0.215. The summed E-state index contributed by atoms with van der Waals surface area (Å²) in [6.45, 7) is 2.21. The number of benzene rings is 1. The summed E-state index contributed by atoms with van der Waals surface area (Å²) in [5.41, 5.74) is 0.892. The van der Waals surface area contributed by atoms with Gasteiger partial charge in [0.25, 0.3) is 0 Å². The summed E-state index contributed by atoms with van der Waals surface area (Å²) in [4.78, 5) is 12.4. The molecule has 18 heavy (non-hydrogen) atoms. The highest BCUT2D eigenvalue weighted by molar-refractivity contribution is 9.09. The van der Waals surface area contributed by atoms with Crippen molar-refractivity contribution < 1.29 is 9.53 Å². The first-order chi connectivity index (χ1) is 8.67. The van der Waals surface area contributed by atoms with Crippen LogP contribution in [-0.2, 0) is 16.0 Å². The zero-order chi connectivity index (χ0) is 13.4. The van der Waals surface area contributed by atoms with Crippen LogP contribution in [0.25, 0.3) is 0 Å². The molecule has 0 saturated carbocycles. The third-order valence-electron chi connectivity index (χ3n) is 2.19. The van der Waals surface area contributed by atoms with Gasteiger partial charge in [-0.1, -0.05) is 33.6 Å². The highest BCUT2D eigenvalue weighted by atomic mass is 79.9. The van der Waals surface area contributed by atoms with Gasteiger partial charge < -0.3 is 4.74 Å². The van der Waals surface area contributed by atoms with Crippen LogP contribution in [-0.4, -0.2) is 23.7 Å². The van der Waals surface area contributed by atoms with Crippen LogP contribution in [0.15, 0.2) is 23.1 Å². The quantitative estimate of drug-likeness (QED) is 0.317. The molecule has 0 aliphatic heterocycles. The molecule has 0 fully saturated rings. The highest BCUT2D eigenvalue weighted by Gasteiger charge is 2.07. The molecule has 0 atom stereocenters. The van der Waals surface area contributed by atoms with E-state index < -0.39 is 0 Å². The molecule has 2 nitrogen and oxygen atoms in total. The van der Waals surface area contributed by atoms with Crippen molar-refractivity contribution in [1.82, 2.24) is 0 Å². The summed E-state index contributed by atoms with van der Waals surface area (Å²) in [6.07, 6.45) is 1.38. The Morgan fingerprint density at radius 3 is 2.89 bits per heavy atom. The van der Waals surface area contributed by atoms with Gasteiger partial charge >= 0.3 is 5.97 Å². The van der Waals surface area contributed by atoms with Crippen molar-refractivity contribution in [1.29, 1.82) is 0 Å². The van der Waals surface area contributed by atoms with Gasteiger partial charge in [0.05, 0.1) is 18.1 Å². The Kier molecular flexibility index (Phi) is 7.79. The average Bonchev–Trinajstić information content (AvgIpc) is 2.32. The lowest BCUT2D eigenvalue weighted by Crippen LogP contribution is -2.07. The van der Waals surface area contributed by atoms with Crippen LogP contribution in [0, 0.1) is 0 Å². The third-order valence-corrected chi connectivity index (χ3v) is 4.33. The average molecular weight is 352 g/mol. The maximum absolute atomic E-state index is 11.3. The molecule has 0 bridgehead atoms. The fourth-order valence-corrected chi connectivity index (χ4v) is 3.27.